The number of ether oxygens (including phenoxy) is 3. The van der Waals surface area contributed by atoms with Crippen molar-refractivity contribution in [1.82, 2.24) is 25.1 Å². The lowest BCUT2D eigenvalue weighted by molar-refractivity contribution is -0.159. The van der Waals surface area contributed by atoms with E-state index in [1.165, 1.54) is 0 Å². The Balaban J connectivity index is 1.79. The number of methoxy groups -OCH3 is 2. The van der Waals surface area contributed by atoms with Crippen molar-refractivity contribution in [3.05, 3.63) is 54.4 Å². The highest BCUT2D eigenvalue weighted by Crippen LogP contribution is 2.30. The molecule has 1 fully saturated rings. The molecule has 1 aliphatic rings. The van der Waals surface area contributed by atoms with E-state index in [-0.39, 0.29) is 48.4 Å². The van der Waals surface area contributed by atoms with Crippen molar-refractivity contribution in [2.75, 3.05) is 33.1 Å². The van der Waals surface area contributed by atoms with E-state index in [1.807, 2.05) is 44.2 Å². The molecule has 300 valence electrons. The summed E-state index contributed by atoms with van der Waals surface area (Å²) in [6.07, 6.45) is 4.46. The van der Waals surface area contributed by atoms with Crippen molar-refractivity contribution < 1.29 is 33.4 Å². The standard InChI is InChI=1S/C41H64N6O7/c1-12-27(4)35(46(9)38(50)34(26(2)3)45-40-42-21-17-22-43-40)32(52-10)25-33(48)47-23-16-20-31(47)36(53-11)28(5)37(49)44-30(39(51)54-41(6,7)8)24-29-18-14-13-15-19-29/h13-15,17-19,21-22,26-28,30-32,34-36H,12,16,20,23-25H2,1-11H3,(H,44,49)(H,42,43,45)/t27-,28+,30?,31?,32+,34?,35-,36+/m0/s1. The molecule has 2 N–H and O–H groups in total. The van der Waals surface area contributed by atoms with Gasteiger partial charge in [-0.15, -0.1) is 0 Å². The van der Waals surface area contributed by atoms with Gasteiger partial charge in [0.05, 0.1) is 36.6 Å². The van der Waals surface area contributed by atoms with Crippen molar-refractivity contribution >= 4 is 29.6 Å². The SMILES string of the molecule is CC[C@H](C)[C@@H]([C@@H](CC(=O)N1CCCC1[C@H](OC)[C@@H](C)C(=O)NC(Cc1ccccc1)C(=O)OC(C)(C)C)OC)N(C)C(=O)C(Nc1ncccn1)C(C)C. The second-order valence-corrected chi connectivity index (χ2v) is 15.8. The van der Waals surface area contributed by atoms with Crippen molar-refractivity contribution in [3.8, 4) is 0 Å². The summed E-state index contributed by atoms with van der Waals surface area (Å²) in [4.78, 5) is 67.5. The molecule has 0 aliphatic carbocycles. The Morgan fingerprint density at radius 3 is 2.19 bits per heavy atom. The van der Waals surface area contributed by atoms with E-state index in [1.54, 1.807) is 77.2 Å². The third kappa shape index (κ3) is 12.2. The Bertz CT molecular complexity index is 1490. The summed E-state index contributed by atoms with van der Waals surface area (Å²) in [5.41, 5.74) is 0.150. The topological polar surface area (TPSA) is 152 Å². The highest BCUT2D eigenvalue weighted by Gasteiger charge is 2.43. The molecule has 0 radical (unpaired) electrons. The van der Waals surface area contributed by atoms with E-state index < -0.39 is 47.8 Å². The highest BCUT2D eigenvalue weighted by atomic mass is 16.6. The Kier molecular flexibility index (Phi) is 16.9. The first-order chi connectivity index (χ1) is 25.5. The van der Waals surface area contributed by atoms with Crippen LogP contribution < -0.4 is 10.6 Å². The van der Waals surface area contributed by atoms with Crippen LogP contribution in [0.3, 0.4) is 0 Å². The van der Waals surface area contributed by atoms with Crippen LogP contribution in [0.4, 0.5) is 5.95 Å². The van der Waals surface area contributed by atoms with Crippen LogP contribution in [-0.2, 0) is 39.8 Å². The van der Waals surface area contributed by atoms with Crippen molar-refractivity contribution in [1.29, 1.82) is 0 Å². The number of carbonyl (C=O) groups excluding carboxylic acids is 4. The molecule has 1 aromatic carbocycles. The number of aromatic nitrogens is 2. The van der Waals surface area contributed by atoms with Crippen LogP contribution in [0.1, 0.15) is 86.6 Å². The number of hydrogen-bond donors (Lipinski definition) is 2. The summed E-state index contributed by atoms with van der Waals surface area (Å²) in [5.74, 6) is -1.57. The highest BCUT2D eigenvalue weighted by molar-refractivity contribution is 5.87. The maximum absolute atomic E-state index is 14.2. The first-order valence-electron chi connectivity index (χ1n) is 19.2. The zero-order chi connectivity index (χ0) is 40.2. The van der Waals surface area contributed by atoms with Gasteiger partial charge in [0, 0.05) is 46.6 Å². The second-order valence-electron chi connectivity index (χ2n) is 15.8. The number of hydrogen-bond acceptors (Lipinski definition) is 10. The average Bonchev–Trinajstić information content (AvgIpc) is 3.62. The molecule has 2 heterocycles. The number of rotatable bonds is 19. The van der Waals surface area contributed by atoms with Crippen LogP contribution in [0.25, 0.3) is 0 Å². The predicted molar refractivity (Wildman–Crippen MR) is 208 cm³/mol. The second kappa shape index (κ2) is 20.5. The quantitative estimate of drug-likeness (QED) is 0.190. The Morgan fingerprint density at radius 2 is 1.63 bits per heavy atom. The van der Waals surface area contributed by atoms with Crippen molar-refractivity contribution in [2.45, 2.75) is 129 Å². The van der Waals surface area contributed by atoms with Gasteiger partial charge in [0.2, 0.25) is 23.7 Å². The molecular formula is C41H64N6O7. The fourth-order valence-corrected chi connectivity index (χ4v) is 7.27. The molecule has 0 saturated carbocycles. The molecule has 1 aliphatic heterocycles. The average molecular weight is 753 g/mol. The molecule has 13 heteroatoms. The summed E-state index contributed by atoms with van der Waals surface area (Å²) in [6.45, 7) is 15.7. The zero-order valence-electron chi connectivity index (χ0n) is 34.2. The van der Waals surface area contributed by atoms with Gasteiger partial charge in [0.1, 0.15) is 17.7 Å². The maximum Gasteiger partial charge on any atom is 0.329 e. The number of likely N-dealkylation sites (tertiary alicyclic amines) is 1. The van der Waals surface area contributed by atoms with E-state index >= 15 is 0 Å². The molecule has 3 unspecified atom stereocenters. The maximum atomic E-state index is 14.2. The lowest BCUT2D eigenvalue weighted by atomic mass is 9.89. The number of carbonyl (C=O) groups is 4. The smallest absolute Gasteiger partial charge is 0.329 e. The van der Waals surface area contributed by atoms with Crippen molar-refractivity contribution in [2.24, 2.45) is 17.8 Å². The fourth-order valence-electron chi connectivity index (χ4n) is 7.27. The Hall–Kier alpha value is -4.10. The number of nitrogens with one attached hydrogen (secondary N) is 2. The Morgan fingerprint density at radius 1 is 0.981 bits per heavy atom. The summed E-state index contributed by atoms with van der Waals surface area (Å²) >= 11 is 0. The first kappa shape index (κ1) is 44.3. The van der Waals surface area contributed by atoms with Crippen LogP contribution in [0.5, 0.6) is 0 Å². The number of amides is 3. The monoisotopic (exact) mass is 752 g/mol. The normalized spacial score (nSPS) is 18.5. The lowest BCUT2D eigenvalue weighted by Gasteiger charge is -2.40. The van der Waals surface area contributed by atoms with E-state index in [9.17, 15) is 19.2 Å². The number of esters is 1. The molecule has 54 heavy (non-hydrogen) atoms. The number of nitrogens with zero attached hydrogens (tertiary/aromatic N) is 4. The third-order valence-electron chi connectivity index (χ3n) is 10.3. The number of benzene rings is 1. The van der Waals surface area contributed by atoms with Gasteiger partial charge in [-0.2, -0.15) is 0 Å². The summed E-state index contributed by atoms with van der Waals surface area (Å²) in [7, 11) is 4.88. The zero-order valence-corrected chi connectivity index (χ0v) is 34.2. The van der Waals surface area contributed by atoms with Crippen LogP contribution in [0, 0.1) is 17.8 Å². The molecule has 0 bridgehead atoms. The summed E-state index contributed by atoms with van der Waals surface area (Å²) < 4.78 is 17.7. The molecule has 1 saturated heterocycles. The molecule has 2 aromatic rings. The van der Waals surface area contributed by atoms with Crippen LogP contribution in [0.2, 0.25) is 0 Å². The van der Waals surface area contributed by atoms with Gasteiger partial charge in [0.15, 0.2) is 0 Å². The van der Waals surface area contributed by atoms with E-state index in [4.69, 9.17) is 14.2 Å². The van der Waals surface area contributed by atoms with Crippen molar-refractivity contribution in [3.63, 3.8) is 0 Å². The van der Waals surface area contributed by atoms with Gasteiger partial charge in [0.25, 0.3) is 0 Å². The molecular weight excluding hydrogens is 688 g/mol. The first-order valence-corrected chi connectivity index (χ1v) is 19.2. The predicted octanol–water partition coefficient (Wildman–Crippen LogP) is 4.90. The third-order valence-corrected chi connectivity index (χ3v) is 10.3. The van der Waals surface area contributed by atoms with E-state index in [0.717, 1.165) is 18.4 Å². The summed E-state index contributed by atoms with van der Waals surface area (Å²) in [6, 6.07) is 8.88. The van der Waals surface area contributed by atoms with Gasteiger partial charge in [-0.25, -0.2) is 14.8 Å². The lowest BCUT2D eigenvalue weighted by Crippen LogP contribution is -2.56. The van der Waals surface area contributed by atoms with Crippen LogP contribution in [0.15, 0.2) is 48.8 Å². The van der Waals surface area contributed by atoms with Gasteiger partial charge in [-0.3, -0.25) is 14.4 Å². The largest absolute Gasteiger partial charge is 0.458 e. The molecule has 1 aromatic heterocycles. The van der Waals surface area contributed by atoms with Crippen LogP contribution in [-0.4, -0.2) is 113 Å². The van der Waals surface area contributed by atoms with E-state index in [2.05, 4.69) is 34.4 Å². The molecule has 3 rings (SSSR count). The summed E-state index contributed by atoms with van der Waals surface area (Å²) in [5, 5.41) is 6.13. The van der Waals surface area contributed by atoms with Gasteiger partial charge < -0.3 is 34.6 Å². The van der Waals surface area contributed by atoms with Crippen LogP contribution >= 0.6 is 0 Å². The molecule has 0 spiro atoms. The van der Waals surface area contributed by atoms with E-state index in [0.29, 0.717) is 18.9 Å². The minimum absolute atomic E-state index is 0.0103. The van der Waals surface area contributed by atoms with Gasteiger partial charge in [-0.1, -0.05) is 71.4 Å². The molecule has 3 amide bonds. The van der Waals surface area contributed by atoms with Gasteiger partial charge >= 0.3 is 5.97 Å². The Labute approximate surface area is 322 Å². The minimum Gasteiger partial charge on any atom is -0.458 e. The van der Waals surface area contributed by atoms with Gasteiger partial charge in [-0.05, 0) is 57.1 Å². The number of anilines is 1. The number of likely N-dealkylation sites (N-methyl/N-ethyl adjacent to an activating group) is 1. The molecule has 8 atom stereocenters. The molecule has 13 nitrogen and oxygen atoms in total. The fraction of sp³-hybridized carbons (Fsp3) is 0.659. The minimum atomic E-state index is -0.911.